The number of nitrogens with one attached hydrogen (secondary N) is 1. The highest BCUT2D eigenvalue weighted by molar-refractivity contribution is 7.97. The third kappa shape index (κ3) is 6.31. The molecule has 0 radical (unpaired) electrons. The van der Waals surface area contributed by atoms with Crippen LogP contribution in [0.5, 0.6) is 0 Å². The smallest absolute Gasteiger partial charge is 0.0136 e. The quantitative estimate of drug-likeness (QED) is 0.567. The van der Waals surface area contributed by atoms with Crippen molar-refractivity contribution < 1.29 is 0 Å². The highest BCUT2D eigenvalue weighted by Crippen LogP contribution is 2.01. The van der Waals surface area contributed by atoms with Crippen molar-refractivity contribution in [3.8, 4) is 0 Å². The summed E-state index contributed by atoms with van der Waals surface area (Å²) >= 11 is 1.78. The minimum atomic E-state index is 0.708. The van der Waals surface area contributed by atoms with Gasteiger partial charge in [0.05, 0.1) is 0 Å². The van der Waals surface area contributed by atoms with Crippen molar-refractivity contribution in [2.24, 2.45) is 0 Å². The van der Waals surface area contributed by atoms with Crippen LogP contribution < -0.4 is 4.72 Å². The van der Waals surface area contributed by atoms with E-state index in [0.717, 1.165) is 6.54 Å². The fraction of sp³-hybridized carbons (Fsp3) is 1.00. The fourth-order valence-corrected chi connectivity index (χ4v) is 0.750. The van der Waals surface area contributed by atoms with Gasteiger partial charge in [0.25, 0.3) is 0 Å². The summed E-state index contributed by atoms with van der Waals surface area (Å²) < 4.78 is 3.16. The van der Waals surface area contributed by atoms with Gasteiger partial charge in [-0.05, 0) is 0 Å². The standard InChI is InChI=1S/C5H13NS/c1-4-6-7-5(2)3/h5-6H,4H2,1-3H3. The Morgan fingerprint density at radius 3 is 2.29 bits per heavy atom. The average molecular weight is 119 g/mol. The van der Waals surface area contributed by atoms with E-state index in [1.807, 2.05) is 0 Å². The first kappa shape index (κ1) is 7.31. The summed E-state index contributed by atoms with van der Waals surface area (Å²) in [6.07, 6.45) is 0. The molecule has 0 aliphatic rings. The van der Waals surface area contributed by atoms with Gasteiger partial charge in [-0.25, -0.2) is 0 Å². The topological polar surface area (TPSA) is 12.0 Å². The summed E-state index contributed by atoms with van der Waals surface area (Å²) in [5.41, 5.74) is 0. The van der Waals surface area contributed by atoms with Crippen LogP contribution in [-0.2, 0) is 0 Å². The maximum atomic E-state index is 3.16. The molecular weight excluding hydrogens is 106 g/mol. The van der Waals surface area contributed by atoms with E-state index < -0.39 is 0 Å². The summed E-state index contributed by atoms with van der Waals surface area (Å²) in [7, 11) is 0. The number of hydrogen-bond donors (Lipinski definition) is 1. The average Bonchev–Trinajstić information content (AvgIpc) is 1.61. The van der Waals surface area contributed by atoms with E-state index in [1.165, 1.54) is 0 Å². The summed E-state index contributed by atoms with van der Waals surface area (Å²) in [5.74, 6) is 0. The lowest BCUT2D eigenvalue weighted by Gasteiger charge is -2.01. The number of hydrogen-bond acceptors (Lipinski definition) is 2. The maximum Gasteiger partial charge on any atom is 0.0136 e. The van der Waals surface area contributed by atoms with E-state index in [4.69, 9.17) is 0 Å². The highest BCUT2D eigenvalue weighted by atomic mass is 32.2. The molecule has 0 bridgehead atoms. The second-order valence-corrected chi connectivity index (χ2v) is 3.13. The Bertz CT molecular complexity index is 37.1. The molecule has 44 valence electrons. The van der Waals surface area contributed by atoms with Gasteiger partial charge in [0.1, 0.15) is 0 Å². The minimum absolute atomic E-state index is 0.708. The predicted octanol–water partition coefficient (Wildman–Crippen LogP) is 1.65. The summed E-state index contributed by atoms with van der Waals surface area (Å²) in [4.78, 5) is 0. The molecule has 0 spiro atoms. The fourth-order valence-electron chi connectivity index (χ4n) is 0.250. The van der Waals surface area contributed by atoms with Crippen molar-refractivity contribution in [2.45, 2.75) is 26.0 Å². The normalized spacial score (nSPS) is 10.3. The summed E-state index contributed by atoms with van der Waals surface area (Å²) in [6.45, 7) is 7.51. The van der Waals surface area contributed by atoms with Crippen LogP contribution in [0.3, 0.4) is 0 Å². The first-order valence-electron chi connectivity index (χ1n) is 2.66. The lowest BCUT2D eigenvalue weighted by Crippen LogP contribution is -2.05. The molecule has 0 amide bonds. The SMILES string of the molecule is CCNSC(C)C. The molecular formula is C5H13NS. The summed E-state index contributed by atoms with van der Waals surface area (Å²) in [6, 6.07) is 0. The molecule has 0 aromatic rings. The lowest BCUT2D eigenvalue weighted by atomic mass is 10.6. The van der Waals surface area contributed by atoms with E-state index in [-0.39, 0.29) is 0 Å². The molecule has 0 saturated carbocycles. The van der Waals surface area contributed by atoms with Crippen LogP contribution in [0.2, 0.25) is 0 Å². The zero-order chi connectivity index (χ0) is 5.70. The molecule has 0 unspecified atom stereocenters. The Morgan fingerprint density at radius 2 is 2.14 bits per heavy atom. The van der Waals surface area contributed by atoms with Crippen LogP contribution in [0.15, 0.2) is 0 Å². The Hall–Kier alpha value is 0.310. The molecule has 0 aliphatic carbocycles. The van der Waals surface area contributed by atoms with Crippen molar-refractivity contribution >= 4 is 11.9 Å². The minimum Gasteiger partial charge on any atom is -0.264 e. The van der Waals surface area contributed by atoms with Gasteiger partial charge in [-0.3, -0.25) is 4.72 Å². The molecule has 1 nitrogen and oxygen atoms in total. The van der Waals surface area contributed by atoms with E-state index in [0.29, 0.717) is 5.25 Å². The molecule has 0 aromatic heterocycles. The van der Waals surface area contributed by atoms with Crippen LogP contribution in [0.25, 0.3) is 0 Å². The van der Waals surface area contributed by atoms with Crippen molar-refractivity contribution in [3.05, 3.63) is 0 Å². The van der Waals surface area contributed by atoms with Gasteiger partial charge < -0.3 is 0 Å². The molecule has 7 heavy (non-hydrogen) atoms. The third-order valence-electron chi connectivity index (χ3n) is 0.463. The van der Waals surface area contributed by atoms with Gasteiger partial charge in [0.15, 0.2) is 0 Å². The summed E-state index contributed by atoms with van der Waals surface area (Å²) in [5, 5.41) is 0.708. The second-order valence-electron chi connectivity index (χ2n) is 1.66. The van der Waals surface area contributed by atoms with Crippen LogP contribution >= 0.6 is 11.9 Å². The molecule has 0 rings (SSSR count). The third-order valence-corrected chi connectivity index (χ3v) is 1.39. The molecule has 0 aliphatic heterocycles. The number of rotatable bonds is 3. The molecule has 0 atom stereocenters. The second kappa shape index (κ2) is 4.47. The van der Waals surface area contributed by atoms with E-state index >= 15 is 0 Å². The Balaban J connectivity index is 2.68. The van der Waals surface area contributed by atoms with Gasteiger partial charge in [-0.15, -0.1) is 0 Å². The van der Waals surface area contributed by atoms with Crippen molar-refractivity contribution in [1.82, 2.24) is 4.72 Å². The van der Waals surface area contributed by atoms with Gasteiger partial charge >= 0.3 is 0 Å². The first-order chi connectivity index (χ1) is 3.27. The van der Waals surface area contributed by atoms with E-state index in [2.05, 4.69) is 25.5 Å². The molecule has 2 heteroatoms. The lowest BCUT2D eigenvalue weighted by molar-refractivity contribution is 1.00. The molecule has 0 aromatic carbocycles. The van der Waals surface area contributed by atoms with Crippen molar-refractivity contribution in [2.75, 3.05) is 6.54 Å². The molecule has 0 saturated heterocycles. The Morgan fingerprint density at radius 1 is 1.57 bits per heavy atom. The highest BCUT2D eigenvalue weighted by Gasteiger charge is 1.87. The predicted molar refractivity (Wildman–Crippen MR) is 36.4 cm³/mol. The first-order valence-corrected chi connectivity index (χ1v) is 3.53. The molecule has 1 N–H and O–H groups in total. The molecule has 0 fully saturated rings. The van der Waals surface area contributed by atoms with Gasteiger partial charge in [-0.1, -0.05) is 32.7 Å². The van der Waals surface area contributed by atoms with Crippen molar-refractivity contribution in [1.29, 1.82) is 0 Å². The zero-order valence-electron chi connectivity index (χ0n) is 5.19. The molecule has 0 heterocycles. The maximum absolute atomic E-state index is 3.16. The van der Waals surface area contributed by atoms with E-state index in [9.17, 15) is 0 Å². The van der Waals surface area contributed by atoms with E-state index in [1.54, 1.807) is 11.9 Å². The van der Waals surface area contributed by atoms with Crippen LogP contribution in [0.1, 0.15) is 20.8 Å². The van der Waals surface area contributed by atoms with Crippen LogP contribution in [0.4, 0.5) is 0 Å². The van der Waals surface area contributed by atoms with Gasteiger partial charge in [0, 0.05) is 11.8 Å². The van der Waals surface area contributed by atoms with Crippen molar-refractivity contribution in [3.63, 3.8) is 0 Å². The Kier molecular flexibility index (Phi) is 4.67. The van der Waals surface area contributed by atoms with Gasteiger partial charge in [0.2, 0.25) is 0 Å². The monoisotopic (exact) mass is 119 g/mol. The zero-order valence-corrected chi connectivity index (χ0v) is 6.01. The largest absolute Gasteiger partial charge is 0.264 e. The van der Waals surface area contributed by atoms with Crippen LogP contribution in [0, 0.1) is 0 Å². The van der Waals surface area contributed by atoms with Gasteiger partial charge in [-0.2, -0.15) is 0 Å². The Labute approximate surface area is 50.0 Å². The van der Waals surface area contributed by atoms with Crippen LogP contribution in [-0.4, -0.2) is 11.8 Å².